The van der Waals surface area contributed by atoms with Gasteiger partial charge in [0.2, 0.25) is 0 Å². The van der Waals surface area contributed by atoms with Crippen molar-refractivity contribution in [1.82, 2.24) is 0 Å². The van der Waals surface area contributed by atoms with Crippen molar-refractivity contribution in [3.05, 3.63) is 72.3 Å². The Bertz CT molecular complexity index is 964. The van der Waals surface area contributed by atoms with Crippen LogP contribution < -0.4 is 15.8 Å². The second-order valence-electron chi connectivity index (χ2n) is 5.83. The first kappa shape index (κ1) is 18.3. The number of rotatable bonds is 6. The Hall–Kier alpha value is -3.54. The molecule has 3 aromatic rings. The first-order valence-electron chi connectivity index (χ1n) is 8.66. The summed E-state index contributed by atoms with van der Waals surface area (Å²) >= 11 is 0. The predicted molar refractivity (Wildman–Crippen MR) is 107 cm³/mol. The van der Waals surface area contributed by atoms with Gasteiger partial charge >= 0.3 is 6.09 Å². The van der Waals surface area contributed by atoms with Crippen molar-refractivity contribution in [2.45, 2.75) is 13.3 Å². The number of para-hydroxylation sites is 2. The van der Waals surface area contributed by atoms with Crippen LogP contribution in [-0.4, -0.2) is 18.5 Å². The summed E-state index contributed by atoms with van der Waals surface area (Å²) in [6, 6.07) is 21.1. The molecule has 0 saturated heterocycles. The summed E-state index contributed by atoms with van der Waals surface area (Å²) in [7, 11) is 0. The normalized spacial score (nSPS) is 11.2. The zero-order chi connectivity index (χ0) is 19.1. The second kappa shape index (κ2) is 8.71. The molecule has 0 atom stereocenters. The number of nitrogens with one attached hydrogen (secondary N) is 1. The Balaban J connectivity index is 1.64. The number of nitrogens with zero attached hydrogens (tertiary/aromatic N) is 1. The summed E-state index contributed by atoms with van der Waals surface area (Å²) in [6.45, 7) is 2.36. The number of benzene rings is 3. The molecule has 6 heteroatoms. The first-order valence-corrected chi connectivity index (χ1v) is 8.66. The highest BCUT2D eigenvalue weighted by atomic mass is 16.7. The summed E-state index contributed by atoms with van der Waals surface area (Å²) in [4.78, 5) is 16.9. The molecule has 0 aliphatic rings. The Morgan fingerprint density at radius 1 is 1.04 bits per heavy atom. The van der Waals surface area contributed by atoms with Gasteiger partial charge in [-0.1, -0.05) is 59.8 Å². The lowest BCUT2D eigenvalue weighted by Crippen LogP contribution is -2.19. The number of amidine groups is 1. The quantitative estimate of drug-likeness (QED) is 0.296. The fourth-order valence-electron chi connectivity index (χ4n) is 2.76. The van der Waals surface area contributed by atoms with E-state index in [2.05, 4.69) is 10.5 Å². The van der Waals surface area contributed by atoms with Gasteiger partial charge < -0.3 is 10.5 Å². The minimum Gasteiger partial charge on any atom is -0.492 e. The third-order valence-corrected chi connectivity index (χ3v) is 3.92. The van der Waals surface area contributed by atoms with E-state index in [-0.39, 0.29) is 5.84 Å². The van der Waals surface area contributed by atoms with E-state index in [4.69, 9.17) is 15.3 Å². The molecule has 6 nitrogen and oxygen atoms in total. The zero-order valence-electron chi connectivity index (χ0n) is 15.0. The number of oxime groups is 1. The number of fused-ring (bicyclic) bond motifs is 1. The number of carbonyl (C=O) groups is 1. The van der Waals surface area contributed by atoms with Gasteiger partial charge in [0.25, 0.3) is 0 Å². The summed E-state index contributed by atoms with van der Waals surface area (Å²) in [5.41, 5.74) is 7.46. The van der Waals surface area contributed by atoms with Crippen molar-refractivity contribution in [2.75, 3.05) is 11.9 Å². The van der Waals surface area contributed by atoms with Crippen molar-refractivity contribution >= 4 is 28.4 Å². The van der Waals surface area contributed by atoms with E-state index in [1.165, 1.54) is 0 Å². The van der Waals surface area contributed by atoms with Gasteiger partial charge in [0.05, 0.1) is 12.3 Å². The van der Waals surface area contributed by atoms with Crippen molar-refractivity contribution in [3.8, 4) is 5.75 Å². The number of hydrogen-bond acceptors (Lipinski definition) is 4. The fraction of sp³-hybridized carbons (Fsp3) is 0.143. The van der Waals surface area contributed by atoms with Crippen LogP contribution in [-0.2, 0) is 11.3 Å². The number of nitrogens with two attached hydrogens (primary N) is 1. The molecule has 0 spiro atoms. The molecule has 0 saturated carbocycles. The molecule has 3 rings (SSSR count). The van der Waals surface area contributed by atoms with E-state index in [1.54, 1.807) is 18.2 Å². The third-order valence-electron chi connectivity index (χ3n) is 3.92. The van der Waals surface area contributed by atoms with E-state index in [0.29, 0.717) is 24.5 Å². The van der Waals surface area contributed by atoms with Crippen LogP contribution in [0, 0.1) is 0 Å². The first-order chi connectivity index (χ1) is 13.2. The molecule has 0 fully saturated rings. The Morgan fingerprint density at radius 2 is 1.78 bits per heavy atom. The topological polar surface area (TPSA) is 85.9 Å². The predicted octanol–water partition coefficient (Wildman–Crippen LogP) is 4.30. The molecule has 3 N–H and O–H groups in total. The zero-order valence-corrected chi connectivity index (χ0v) is 15.0. The smallest absolute Gasteiger partial charge is 0.438 e. The number of anilines is 1. The van der Waals surface area contributed by atoms with Gasteiger partial charge in [-0.2, -0.15) is 0 Å². The maximum atomic E-state index is 12.0. The monoisotopic (exact) mass is 363 g/mol. The van der Waals surface area contributed by atoms with Crippen molar-refractivity contribution in [2.24, 2.45) is 10.9 Å². The summed E-state index contributed by atoms with van der Waals surface area (Å²) < 4.78 is 5.45. The van der Waals surface area contributed by atoms with Gasteiger partial charge in [0.1, 0.15) is 11.6 Å². The minimum atomic E-state index is -0.733. The Labute approximate surface area is 157 Å². The number of amides is 1. The van der Waals surface area contributed by atoms with E-state index in [9.17, 15) is 4.79 Å². The van der Waals surface area contributed by atoms with Crippen LogP contribution in [0.5, 0.6) is 5.75 Å². The average Bonchev–Trinajstić information content (AvgIpc) is 2.68. The van der Waals surface area contributed by atoms with E-state index in [1.807, 2.05) is 55.5 Å². The molecule has 0 bridgehead atoms. The van der Waals surface area contributed by atoms with Gasteiger partial charge in [0.15, 0.2) is 0 Å². The molecule has 0 aromatic heterocycles. The molecule has 0 unspecified atom stereocenters. The van der Waals surface area contributed by atoms with Crippen LogP contribution in [0.25, 0.3) is 10.8 Å². The van der Waals surface area contributed by atoms with Gasteiger partial charge in [-0.25, -0.2) is 4.79 Å². The van der Waals surface area contributed by atoms with Crippen LogP contribution in [0.4, 0.5) is 10.5 Å². The van der Waals surface area contributed by atoms with Crippen LogP contribution in [0.15, 0.2) is 71.9 Å². The van der Waals surface area contributed by atoms with Gasteiger partial charge in [-0.15, -0.1) is 0 Å². The largest absolute Gasteiger partial charge is 0.492 e. The van der Waals surface area contributed by atoms with Gasteiger partial charge in [0, 0.05) is 6.42 Å². The molecule has 0 heterocycles. The van der Waals surface area contributed by atoms with Crippen LogP contribution in [0.2, 0.25) is 0 Å². The number of carbonyl (C=O) groups excluding carboxylic acids is 1. The van der Waals surface area contributed by atoms with Gasteiger partial charge in [-0.05, 0) is 35.4 Å². The van der Waals surface area contributed by atoms with Gasteiger partial charge in [-0.3, -0.25) is 10.2 Å². The lowest BCUT2D eigenvalue weighted by Gasteiger charge is -2.10. The highest BCUT2D eigenvalue weighted by molar-refractivity contribution is 5.92. The van der Waals surface area contributed by atoms with Crippen LogP contribution >= 0.6 is 0 Å². The highest BCUT2D eigenvalue weighted by Crippen LogP contribution is 2.23. The van der Waals surface area contributed by atoms with E-state index >= 15 is 0 Å². The highest BCUT2D eigenvalue weighted by Gasteiger charge is 2.09. The molecule has 3 aromatic carbocycles. The Kier molecular flexibility index (Phi) is 5.89. The van der Waals surface area contributed by atoms with Crippen LogP contribution in [0.1, 0.15) is 12.5 Å². The van der Waals surface area contributed by atoms with Crippen molar-refractivity contribution in [3.63, 3.8) is 0 Å². The number of hydrogen-bond donors (Lipinski definition) is 2. The maximum Gasteiger partial charge on any atom is 0.438 e. The third kappa shape index (κ3) is 4.76. The summed E-state index contributed by atoms with van der Waals surface area (Å²) in [5.74, 6) is 0.768. The van der Waals surface area contributed by atoms with Crippen molar-refractivity contribution in [1.29, 1.82) is 0 Å². The maximum absolute atomic E-state index is 12.0. The fourth-order valence-corrected chi connectivity index (χ4v) is 2.76. The van der Waals surface area contributed by atoms with Crippen LogP contribution in [0.3, 0.4) is 0 Å². The summed E-state index contributed by atoms with van der Waals surface area (Å²) in [5, 5.41) is 8.55. The van der Waals surface area contributed by atoms with E-state index in [0.717, 1.165) is 16.3 Å². The molecule has 27 heavy (non-hydrogen) atoms. The second-order valence-corrected chi connectivity index (χ2v) is 5.83. The van der Waals surface area contributed by atoms with E-state index < -0.39 is 6.09 Å². The lowest BCUT2D eigenvalue weighted by molar-refractivity contribution is 0.166. The molecule has 138 valence electrons. The standard InChI is InChI=1S/C21H21N3O3/c1-2-26-19-13-6-5-12-18(19)23-21(25)27-24-20(22)14-16-10-7-9-15-8-3-4-11-17(15)16/h3-13H,2,14H2,1H3,(H2,22,24)(H,23,25). The minimum absolute atomic E-state index is 0.208. The Morgan fingerprint density at radius 3 is 2.63 bits per heavy atom. The molecule has 1 amide bonds. The summed E-state index contributed by atoms with van der Waals surface area (Å²) in [6.07, 6.45) is -0.354. The lowest BCUT2D eigenvalue weighted by atomic mass is 10.0. The molecule has 0 radical (unpaired) electrons. The molecule has 0 aliphatic carbocycles. The SMILES string of the molecule is CCOc1ccccc1NC(=O)O/N=C(\N)Cc1cccc2ccccc12. The molecular weight excluding hydrogens is 342 g/mol. The number of ether oxygens (including phenoxy) is 1. The average molecular weight is 363 g/mol. The van der Waals surface area contributed by atoms with Crippen molar-refractivity contribution < 1.29 is 14.4 Å². The molecular formula is C21H21N3O3. The molecule has 0 aliphatic heterocycles.